The number of esters is 1. The van der Waals surface area contributed by atoms with Crippen LogP contribution in [0.3, 0.4) is 0 Å². The van der Waals surface area contributed by atoms with Gasteiger partial charge in [0.15, 0.2) is 5.78 Å². The topological polar surface area (TPSA) is 43.4 Å². The fourth-order valence-corrected chi connectivity index (χ4v) is 2.00. The number of hydrogen-bond donors (Lipinski definition) is 0. The van der Waals surface area contributed by atoms with Gasteiger partial charge in [-0.05, 0) is 6.07 Å². The van der Waals surface area contributed by atoms with E-state index in [0.29, 0.717) is 22.4 Å². The molecular weight excluding hydrogens is 240 g/mol. The first-order valence-electron chi connectivity index (χ1n) is 5.88. The largest absolute Gasteiger partial charge is 0.422 e. The molecule has 1 aliphatic rings. The van der Waals surface area contributed by atoms with E-state index in [0.717, 1.165) is 0 Å². The van der Waals surface area contributed by atoms with Crippen molar-refractivity contribution in [2.45, 2.75) is 0 Å². The van der Waals surface area contributed by atoms with E-state index in [1.54, 1.807) is 42.5 Å². The molecular formula is C16H10O3. The number of allylic oxidation sites excluding steroid dienone is 1. The highest BCUT2D eigenvalue weighted by Gasteiger charge is 2.27. The Bertz CT molecular complexity index is 684. The van der Waals surface area contributed by atoms with Gasteiger partial charge in [0.25, 0.3) is 0 Å². The predicted molar refractivity (Wildman–Crippen MR) is 70.8 cm³/mol. The van der Waals surface area contributed by atoms with Crippen molar-refractivity contribution in [3.05, 3.63) is 71.8 Å². The van der Waals surface area contributed by atoms with Crippen LogP contribution in [0.5, 0.6) is 5.75 Å². The molecule has 3 heteroatoms. The third kappa shape index (κ3) is 2.06. The van der Waals surface area contributed by atoms with Gasteiger partial charge in [-0.25, -0.2) is 4.79 Å². The number of para-hydroxylation sites is 1. The summed E-state index contributed by atoms with van der Waals surface area (Å²) in [6.07, 6.45) is 1.34. The zero-order chi connectivity index (χ0) is 13.2. The average molecular weight is 250 g/mol. The monoisotopic (exact) mass is 250 g/mol. The molecule has 92 valence electrons. The maximum Gasteiger partial charge on any atom is 0.344 e. The van der Waals surface area contributed by atoms with Crippen LogP contribution >= 0.6 is 0 Å². The first-order chi connectivity index (χ1) is 9.25. The summed E-state index contributed by atoms with van der Waals surface area (Å²) in [7, 11) is 0. The molecule has 0 amide bonds. The Labute approximate surface area is 110 Å². The first kappa shape index (κ1) is 11.4. The van der Waals surface area contributed by atoms with Crippen LogP contribution in [-0.4, -0.2) is 11.8 Å². The van der Waals surface area contributed by atoms with Gasteiger partial charge in [-0.2, -0.15) is 0 Å². The molecule has 1 heterocycles. The Morgan fingerprint density at radius 3 is 2.42 bits per heavy atom. The smallest absolute Gasteiger partial charge is 0.344 e. The summed E-state index contributed by atoms with van der Waals surface area (Å²) in [4.78, 5) is 23.8. The van der Waals surface area contributed by atoms with Gasteiger partial charge in [0.05, 0.1) is 5.57 Å². The standard InChI is InChI=1S/C16H10O3/c17-14(11-6-2-1-3-7-11)10-13-12-8-4-5-9-15(12)19-16(13)18/h1-10H/b13-10-. The third-order valence-electron chi connectivity index (χ3n) is 2.93. The van der Waals surface area contributed by atoms with Gasteiger partial charge in [-0.15, -0.1) is 0 Å². The van der Waals surface area contributed by atoms with Gasteiger partial charge >= 0.3 is 5.97 Å². The molecule has 0 aliphatic carbocycles. The normalized spacial score (nSPS) is 15.2. The maximum absolute atomic E-state index is 12.1. The Kier molecular flexibility index (Phi) is 2.72. The molecule has 0 atom stereocenters. The molecule has 3 nitrogen and oxygen atoms in total. The minimum atomic E-state index is -0.481. The van der Waals surface area contributed by atoms with Crippen LogP contribution in [-0.2, 0) is 4.79 Å². The summed E-state index contributed by atoms with van der Waals surface area (Å²) in [6, 6.07) is 15.9. The van der Waals surface area contributed by atoms with E-state index >= 15 is 0 Å². The van der Waals surface area contributed by atoms with E-state index in [4.69, 9.17) is 4.74 Å². The fraction of sp³-hybridized carbons (Fsp3) is 0. The molecule has 0 saturated heterocycles. The lowest BCUT2D eigenvalue weighted by atomic mass is 10.0. The summed E-state index contributed by atoms with van der Waals surface area (Å²) in [5, 5.41) is 0. The zero-order valence-electron chi connectivity index (χ0n) is 10.00. The highest BCUT2D eigenvalue weighted by Crippen LogP contribution is 2.33. The van der Waals surface area contributed by atoms with Crippen LogP contribution in [0.4, 0.5) is 0 Å². The van der Waals surface area contributed by atoms with Crippen LogP contribution in [0.25, 0.3) is 5.57 Å². The van der Waals surface area contributed by atoms with Crippen LogP contribution in [0.1, 0.15) is 15.9 Å². The second kappa shape index (κ2) is 4.53. The Balaban J connectivity index is 2.01. The SMILES string of the molecule is O=C1Oc2ccccc2/C1=C/C(=O)c1ccccc1. The van der Waals surface area contributed by atoms with Crippen molar-refractivity contribution in [2.24, 2.45) is 0 Å². The number of benzene rings is 2. The molecule has 0 aromatic heterocycles. The second-order valence-corrected chi connectivity index (χ2v) is 4.17. The van der Waals surface area contributed by atoms with Gasteiger partial charge in [0.1, 0.15) is 5.75 Å². The molecule has 0 saturated carbocycles. The lowest BCUT2D eigenvalue weighted by molar-refractivity contribution is -0.127. The minimum absolute atomic E-state index is 0.204. The van der Waals surface area contributed by atoms with E-state index in [1.165, 1.54) is 6.08 Å². The Morgan fingerprint density at radius 2 is 1.63 bits per heavy atom. The van der Waals surface area contributed by atoms with Crippen molar-refractivity contribution in [1.29, 1.82) is 0 Å². The number of fused-ring (bicyclic) bond motifs is 1. The van der Waals surface area contributed by atoms with Crippen LogP contribution in [0.2, 0.25) is 0 Å². The molecule has 0 bridgehead atoms. The molecule has 2 aromatic rings. The average Bonchev–Trinajstić information content (AvgIpc) is 2.76. The zero-order valence-corrected chi connectivity index (χ0v) is 10.00. The number of ketones is 1. The van der Waals surface area contributed by atoms with Crippen LogP contribution in [0, 0.1) is 0 Å². The molecule has 0 radical (unpaired) electrons. The van der Waals surface area contributed by atoms with Crippen molar-refractivity contribution < 1.29 is 14.3 Å². The van der Waals surface area contributed by atoms with Crippen molar-refractivity contribution in [3.8, 4) is 5.75 Å². The summed E-state index contributed by atoms with van der Waals surface area (Å²) >= 11 is 0. The highest BCUT2D eigenvalue weighted by molar-refractivity contribution is 6.27. The number of carbonyl (C=O) groups is 2. The van der Waals surface area contributed by atoms with Gasteiger partial charge < -0.3 is 4.74 Å². The Morgan fingerprint density at radius 1 is 0.947 bits per heavy atom. The second-order valence-electron chi connectivity index (χ2n) is 4.17. The quantitative estimate of drug-likeness (QED) is 0.356. The fourth-order valence-electron chi connectivity index (χ4n) is 2.00. The van der Waals surface area contributed by atoms with E-state index < -0.39 is 5.97 Å². The van der Waals surface area contributed by atoms with Crippen LogP contribution < -0.4 is 4.74 Å². The van der Waals surface area contributed by atoms with Crippen molar-refractivity contribution >= 4 is 17.3 Å². The third-order valence-corrected chi connectivity index (χ3v) is 2.93. The van der Waals surface area contributed by atoms with Crippen molar-refractivity contribution in [2.75, 3.05) is 0 Å². The molecule has 19 heavy (non-hydrogen) atoms. The van der Waals surface area contributed by atoms with Gasteiger partial charge in [-0.3, -0.25) is 4.79 Å². The summed E-state index contributed by atoms with van der Waals surface area (Å²) in [5.41, 5.74) is 1.52. The molecule has 3 rings (SSSR count). The first-order valence-corrected chi connectivity index (χ1v) is 5.88. The van der Waals surface area contributed by atoms with Crippen molar-refractivity contribution in [1.82, 2.24) is 0 Å². The maximum atomic E-state index is 12.1. The minimum Gasteiger partial charge on any atom is -0.422 e. The lowest BCUT2D eigenvalue weighted by Gasteiger charge is -1.96. The Hall–Kier alpha value is -2.68. The number of rotatable bonds is 2. The number of carbonyl (C=O) groups excluding carboxylic acids is 2. The molecule has 0 fully saturated rings. The number of ether oxygens (including phenoxy) is 1. The van der Waals surface area contributed by atoms with E-state index in [-0.39, 0.29) is 5.78 Å². The van der Waals surface area contributed by atoms with Gasteiger partial charge in [-0.1, -0.05) is 48.5 Å². The predicted octanol–water partition coefficient (Wildman–Crippen LogP) is 2.87. The van der Waals surface area contributed by atoms with Gasteiger partial charge in [0.2, 0.25) is 0 Å². The van der Waals surface area contributed by atoms with E-state index in [1.807, 2.05) is 12.1 Å². The summed E-state index contributed by atoms with van der Waals surface area (Å²) in [6.45, 7) is 0. The molecule has 1 aliphatic heterocycles. The molecule has 0 spiro atoms. The highest BCUT2D eigenvalue weighted by atomic mass is 16.5. The van der Waals surface area contributed by atoms with E-state index in [2.05, 4.69) is 0 Å². The van der Waals surface area contributed by atoms with E-state index in [9.17, 15) is 9.59 Å². The lowest BCUT2D eigenvalue weighted by Crippen LogP contribution is -2.03. The van der Waals surface area contributed by atoms with Crippen molar-refractivity contribution in [3.63, 3.8) is 0 Å². The summed E-state index contributed by atoms with van der Waals surface area (Å²) in [5.74, 6) is -0.186. The summed E-state index contributed by atoms with van der Waals surface area (Å²) < 4.78 is 5.10. The molecule has 2 aromatic carbocycles. The molecule has 0 unspecified atom stereocenters. The van der Waals surface area contributed by atoms with Gasteiger partial charge in [0, 0.05) is 17.2 Å². The number of hydrogen-bond acceptors (Lipinski definition) is 3. The molecule has 0 N–H and O–H groups in total. The van der Waals surface area contributed by atoms with Crippen LogP contribution in [0.15, 0.2) is 60.7 Å².